The molecule has 50 heavy (non-hydrogen) atoms. The van der Waals surface area contributed by atoms with E-state index in [1.165, 1.54) is 0 Å². The van der Waals surface area contributed by atoms with Crippen molar-refractivity contribution in [2.45, 2.75) is 0 Å². The van der Waals surface area contributed by atoms with Crippen molar-refractivity contribution in [3.63, 3.8) is 0 Å². The standard InChI is InChI=1S/C38H24Br4N6O2/c39-25-1-9-29(10-2-25)47(30-11-3-26(40)4-12-30)33-17-21-35(22-18-33)49-37-43-45-38(46-44-37)50-36-23-19-34(20-24-36)48(31-13-5-27(41)6-14-31)32-15-7-28(42)8-16-32/h1-24H. The first-order valence-electron chi connectivity index (χ1n) is 15.1. The Hall–Kier alpha value is -4.62. The fourth-order valence-corrected chi connectivity index (χ4v) is 6.14. The Labute approximate surface area is 322 Å². The van der Waals surface area contributed by atoms with Crippen molar-refractivity contribution in [1.29, 1.82) is 0 Å². The fourth-order valence-electron chi connectivity index (χ4n) is 5.09. The Morgan fingerprint density at radius 1 is 0.300 bits per heavy atom. The lowest BCUT2D eigenvalue weighted by molar-refractivity contribution is 0.381. The van der Waals surface area contributed by atoms with Gasteiger partial charge in [-0.05, 0) is 146 Å². The van der Waals surface area contributed by atoms with Gasteiger partial charge in [0.1, 0.15) is 11.5 Å². The normalized spacial score (nSPS) is 10.8. The number of benzene rings is 6. The molecule has 0 atom stereocenters. The van der Waals surface area contributed by atoms with Gasteiger partial charge in [-0.1, -0.05) is 84.1 Å². The number of hydrogen-bond acceptors (Lipinski definition) is 8. The Bertz CT molecular complexity index is 1920. The van der Waals surface area contributed by atoms with Gasteiger partial charge in [-0.3, -0.25) is 0 Å². The molecule has 0 saturated carbocycles. The van der Waals surface area contributed by atoms with Crippen LogP contribution in [0, 0.1) is 0 Å². The molecule has 0 radical (unpaired) electrons. The zero-order valence-electron chi connectivity index (χ0n) is 25.9. The van der Waals surface area contributed by atoms with Crippen LogP contribution in [-0.4, -0.2) is 20.4 Å². The van der Waals surface area contributed by atoms with Crippen LogP contribution in [0.1, 0.15) is 0 Å². The summed E-state index contributed by atoms with van der Waals surface area (Å²) in [4.78, 5) is 4.31. The van der Waals surface area contributed by atoms with E-state index >= 15 is 0 Å². The molecule has 0 N–H and O–H groups in total. The Balaban J connectivity index is 1.03. The minimum absolute atomic E-state index is 0.00207. The second-order valence-corrected chi connectivity index (χ2v) is 14.4. The topological polar surface area (TPSA) is 76.5 Å². The van der Waals surface area contributed by atoms with Crippen LogP contribution >= 0.6 is 63.7 Å². The number of hydrogen-bond donors (Lipinski definition) is 0. The third-order valence-electron chi connectivity index (χ3n) is 7.39. The molecule has 0 saturated heterocycles. The SMILES string of the molecule is Brc1ccc(N(c2ccc(Br)cc2)c2ccc(Oc3nnc(Oc4ccc(N(c5ccc(Br)cc5)c5ccc(Br)cc5)cc4)nn3)cc2)cc1. The minimum Gasteiger partial charge on any atom is -0.422 e. The van der Waals surface area contributed by atoms with Crippen molar-refractivity contribution in [3.05, 3.63) is 163 Å². The molecular formula is C38H24Br4N6O2. The number of aromatic nitrogens is 4. The summed E-state index contributed by atoms with van der Waals surface area (Å²) in [5.41, 5.74) is 5.95. The maximum Gasteiger partial charge on any atom is 0.360 e. The van der Waals surface area contributed by atoms with E-state index in [1.54, 1.807) is 0 Å². The van der Waals surface area contributed by atoms with E-state index in [9.17, 15) is 0 Å². The summed E-state index contributed by atoms with van der Waals surface area (Å²) in [6.45, 7) is 0. The smallest absolute Gasteiger partial charge is 0.360 e. The zero-order chi connectivity index (χ0) is 34.5. The molecule has 0 bridgehead atoms. The van der Waals surface area contributed by atoms with Gasteiger partial charge in [0.15, 0.2) is 0 Å². The van der Waals surface area contributed by atoms with Gasteiger partial charge in [0.25, 0.3) is 0 Å². The van der Waals surface area contributed by atoms with Crippen molar-refractivity contribution in [3.8, 4) is 23.5 Å². The number of ether oxygens (including phenoxy) is 2. The predicted octanol–water partition coefficient (Wildman–Crippen LogP) is 12.8. The second-order valence-electron chi connectivity index (χ2n) is 10.7. The number of nitrogens with zero attached hydrogens (tertiary/aromatic N) is 6. The quantitative estimate of drug-likeness (QED) is 0.134. The highest BCUT2D eigenvalue weighted by Crippen LogP contribution is 2.38. The van der Waals surface area contributed by atoms with Crippen molar-refractivity contribution in [1.82, 2.24) is 20.4 Å². The minimum atomic E-state index is -0.00207. The first-order valence-corrected chi connectivity index (χ1v) is 18.3. The molecule has 1 aromatic heterocycles. The van der Waals surface area contributed by atoms with E-state index in [2.05, 4.69) is 142 Å². The molecule has 7 aromatic rings. The third-order valence-corrected chi connectivity index (χ3v) is 9.50. The molecule has 0 spiro atoms. The van der Waals surface area contributed by atoms with Gasteiger partial charge in [-0.2, -0.15) is 0 Å². The van der Waals surface area contributed by atoms with Crippen molar-refractivity contribution >= 4 is 97.8 Å². The molecule has 0 amide bonds. The van der Waals surface area contributed by atoms with Crippen LogP contribution in [-0.2, 0) is 0 Å². The predicted molar refractivity (Wildman–Crippen MR) is 211 cm³/mol. The van der Waals surface area contributed by atoms with Gasteiger partial charge in [-0.25, -0.2) is 0 Å². The van der Waals surface area contributed by atoms with Crippen LogP contribution in [0.4, 0.5) is 34.1 Å². The first-order chi connectivity index (χ1) is 24.4. The second kappa shape index (κ2) is 15.5. The molecule has 0 fully saturated rings. The highest BCUT2D eigenvalue weighted by atomic mass is 79.9. The van der Waals surface area contributed by atoms with Gasteiger partial charge in [-0.15, -0.1) is 0 Å². The summed E-state index contributed by atoms with van der Waals surface area (Å²) in [6, 6.07) is 47.9. The molecule has 12 heteroatoms. The summed E-state index contributed by atoms with van der Waals surface area (Å²) in [6.07, 6.45) is 0. The zero-order valence-corrected chi connectivity index (χ0v) is 32.2. The molecule has 246 valence electrons. The average Bonchev–Trinajstić information content (AvgIpc) is 3.14. The van der Waals surface area contributed by atoms with Crippen molar-refractivity contribution < 1.29 is 9.47 Å². The summed E-state index contributed by atoms with van der Waals surface area (Å²) in [7, 11) is 0. The van der Waals surface area contributed by atoms with E-state index in [0.717, 1.165) is 52.0 Å². The van der Waals surface area contributed by atoms with Gasteiger partial charge in [0.2, 0.25) is 0 Å². The molecule has 0 unspecified atom stereocenters. The Morgan fingerprint density at radius 3 is 0.720 bits per heavy atom. The molecular weight excluding hydrogens is 892 g/mol. The largest absolute Gasteiger partial charge is 0.422 e. The van der Waals surface area contributed by atoms with E-state index in [0.29, 0.717) is 11.5 Å². The van der Waals surface area contributed by atoms with Crippen LogP contribution < -0.4 is 19.3 Å². The van der Waals surface area contributed by atoms with E-state index in [4.69, 9.17) is 9.47 Å². The van der Waals surface area contributed by atoms with Gasteiger partial charge in [0, 0.05) is 52.0 Å². The molecule has 0 aliphatic carbocycles. The molecule has 6 aromatic carbocycles. The maximum absolute atomic E-state index is 5.86. The Kier molecular flexibility index (Phi) is 10.5. The lowest BCUT2D eigenvalue weighted by Crippen LogP contribution is -2.09. The van der Waals surface area contributed by atoms with Crippen LogP contribution in [0.3, 0.4) is 0 Å². The van der Waals surface area contributed by atoms with Gasteiger partial charge < -0.3 is 19.3 Å². The lowest BCUT2D eigenvalue weighted by atomic mass is 10.2. The molecule has 0 aliphatic heterocycles. The number of halogens is 4. The molecule has 7 rings (SSSR count). The highest BCUT2D eigenvalue weighted by molar-refractivity contribution is 9.11. The molecule has 0 aliphatic rings. The van der Waals surface area contributed by atoms with Gasteiger partial charge in [0.05, 0.1) is 0 Å². The monoisotopic (exact) mass is 912 g/mol. The summed E-state index contributed by atoms with van der Waals surface area (Å²) < 4.78 is 15.7. The third kappa shape index (κ3) is 8.22. The highest BCUT2D eigenvalue weighted by Gasteiger charge is 2.15. The van der Waals surface area contributed by atoms with E-state index in [-0.39, 0.29) is 12.0 Å². The van der Waals surface area contributed by atoms with E-state index in [1.807, 2.05) is 97.1 Å². The number of anilines is 6. The van der Waals surface area contributed by atoms with Gasteiger partial charge >= 0.3 is 12.0 Å². The van der Waals surface area contributed by atoms with Crippen LogP contribution in [0.2, 0.25) is 0 Å². The Morgan fingerprint density at radius 2 is 0.500 bits per heavy atom. The average molecular weight is 916 g/mol. The maximum atomic E-state index is 5.86. The van der Waals surface area contributed by atoms with Crippen molar-refractivity contribution in [2.75, 3.05) is 9.80 Å². The number of rotatable bonds is 10. The molecule has 8 nitrogen and oxygen atoms in total. The first kappa shape index (κ1) is 33.9. The lowest BCUT2D eigenvalue weighted by Gasteiger charge is -2.25. The van der Waals surface area contributed by atoms with E-state index < -0.39 is 0 Å². The van der Waals surface area contributed by atoms with Crippen LogP contribution in [0.25, 0.3) is 0 Å². The summed E-state index contributed by atoms with van der Waals surface area (Å²) >= 11 is 14.1. The summed E-state index contributed by atoms with van der Waals surface area (Å²) in [5, 5.41) is 16.3. The summed E-state index contributed by atoms with van der Waals surface area (Å²) in [5.74, 6) is 1.07. The fraction of sp³-hybridized carbons (Fsp3) is 0. The van der Waals surface area contributed by atoms with Crippen LogP contribution in [0.5, 0.6) is 23.5 Å². The van der Waals surface area contributed by atoms with Crippen LogP contribution in [0.15, 0.2) is 163 Å². The molecule has 1 heterocycles. The van der Waals surface area contributed by atoms with Crippen molar-refractivity contribution in [2.24, 2.45) is 0 Å².